The number of hydrogen-bond donors (Lipinski definition) is 0. The van der Waals surface area contributed by atoms with Crippen molar-refractivity contribution in [3.05, 3.63) is 0 Å². The largest absolute Gasteiger partial charge is 0.460 e. The standard InChI is InChI=1S/C13H12F13NO/c1-3-5(2)7(28)27-4-6(27)8(14,15)9(16,17)10(18,19)11(20,21)12(22,23)13(24,25)26/h5-6H,3-4H2,1-2H3. The Hall–Kier alpha value is -1.44. The van der Waals surface area contributed by atoms with E-state index >= 15 is 0 Å². The summed E-state index contributed by atoms with van der Waals surface area (Å²) in [6.45, 7) is 1.20. The van der Waals surface area contributed by atoms with Crippen molar-refractivity contribution in [2.24, 2.45) is 5.92 Å². The highest BCUT2D eigenvalue weighted by molar-refractivity contribution is 5.81. The lowest BCUT2D eigenvalue weighted by molar-refractivity contribution is -0.440. The van der Waals surface area contributed by atoms with Crippen molar-refractivity contribution in [2.75, 3.05) is 6.54 Å². The maximum Gasteiger partial charge on any atom is 0.460 e. The summed E-state index contributed by atoms with van der Waals surface area (Å²) in [6, 6.07) is -3.08. The van der Waals surface area contributed by atoms with Gasteiger partial charge in [-0.2, -0.15) is 57.1 Å². The fourth-order valence-corrected chi connectivity index (χ4v) is 2.14. The molecule has 1 rings (SSSR count). The van der Waals surface area contributed by atoms with Gasteiger partial charge in [0.2, 0.25) is 5.91 Å². The Morgan fingerprint density at radius 3 is 1.57 bits per heavy atom. The van der Waals surface area contributed by atoms with Gasteiger partial charge in [-0.1, -0.05) is 13.8 Å². The molecule has 0 aliphatic carbocycles. The first-order valence-corrected chi connectivity index (χ1v) is 7.39. The zero-order valence-corrected chi connectivity index (χ0v) is 13.8. The van der Waals surface area contributed by atoms with E-state index in [1.54, 1.807) is 0 Å². The van der Waals surface area contributed by atoms with E-state index in [1.165, 1.54) is 6.92 Å². The maximum absolute atomic E-state index is 13.8. The van der Waals surface area contributed by atoms with Crippen molar-refractivity contribution in [2.45, 2.75) is 62.1 Å². The number of rotatable bonds is 7. The minimum atomic E-state index is -7.92. The molecule has 2 atom stereocenters. The third-order valence-electron chi connectivity index (χ3n) is 4.31. The minimum absolute atomic E-state index is 0.00392. The Balaban J connectivity index is 3.31. The molecule has 2 unspecified atom stereocenters. The second-order valence-corrected chi connectivity index (χ2v) is 6.23. The van der Waals surface area contributed by atoms with Gasteiger partial charge in [-0.3, -0.25) is 4.79 Å². The lowest BCUT2D eigenvalue weighted by Gasteiger charge is -2.39. The van der Waals surface area contributed by atoms with Gasteiger partial charge in [0.15, 0.2) is 0 Å². The molecule has 0 N–H and O–H groups in total. The predicted octanol–water partition coefficient (Wildman–Crippen LogP) is 4.98. The quantitative estimate of drug-likeness (QED) is 0.400. The number of alkyl halides is 13. The minimum Gasteiger partial charge on any atom is -0.329 e. The van der Waals surface area contributed by atoms with Crippen LogP contribution >= 0.6 is 0 Å². The Bertz CT molecular complexity index is 612. The van der Waals surface area contributed by atoms with Crippen molar-refractivity contribution in [1.82, 2.24) is 4.90 Å². The molecule has 1 saturated heterocycles. The lowest BCUT2D eigenvalue weighted by Crippen LogP contribution is -2.71. The summed E-state index contributed by atoms with van der Waals surface area (Å²) in [5, 5.41) is 0. The normalized spacial score (nSPS) is 21.0. The second kappa shape index (κ2) is 6.54. The third-order valence-corrected chi connectivity index (χ3v) is 4.31. The molecule has 1 amide bonds. The van der Waals surface area contributed by atoms with E-state index in [9.17, 15) is 61.9 Å². The number of hydrogen-bond acceptors (Lipinski definition) is 1. The number of carbonyl (C=O) groups is 1. The molecular weight excluding hydrogens is 433 g/mol. The number of nitrogens with zero attached hydrogens (tertiary/aromatic N) is 1. The zero-order valence-electron chi connectivity index (χ0n) is 13.8. The van der Waals surface area contributed by atoms with Crippen molar-refractivity contribution in [1.29, 1.82) is 0 Å². The molecule has 0 aromatic heterocycles. The van der Waals surface area contributed by atoms with Crippen LogP contribution in [0.1, 0.15) is 20.3 Å². The number of halogens is 13. The highest BCUT2D eigenvalue weighted by Crippen LogP contribution is 2.61. The first-order chi connectivity index (χ1) is 12.1. The van der Waals surface area contributed by atoms with Crippen molar-refractivity contribution >= 4 is 5.91 Å². The molecule has 0 aromatic rings. The third kappa shape index (κ3) is 3.17. The topological polar surface area (TPSA) is 20.1 Å². The van der Waals surface area contributed by atoms with Crippen LogP contribution in [0.15, 0.2) is 0 Å². The molecule has 0 bridgehead atoms. The van der Waals surface area contributed by atoms with Crippen LogP contribution in [-0.4, -0.2) is 59.2 Å². The summed E-state index contributed by atoms with van der Waals surface area (Å²) in [6.07, 6.45) is -7.44. The zero-order chi connectivity index (χ0) is 22.7. The van der Waals surface area contributed by atoms with E-state index in [-0.39, 0.29) is 11.3 Å². The monoisotopic (exact) mass is 445 g/mol. The molecule has 28 heavy (non-hydrogen) atoms. The molecule has 0 spiro atoms. The smallest absolute Gasteiger partial charge is 0.329 e. The van der Waals surface area contributed by atoms with E-state index in [1.807, 2.05) is 0 Å². The van der Waals surface area contributed by atoms with Crippen LogP contribution in [0.25, 0.3) is 0 Å². The van der Waals surface area contributed by atoms with Crippen molar-refractivity contribution < 1.29 is 61.9 Å². The average Bonchev–Trinajstić information content (AvgIpc) is 3.32. The summed E-state index contributed by atoms with van der Waals surface area (Å²) in [7, 11) is 0. The molecule has 2 nitrogen and oxygen atoms in total. The average molecular weight is 445 g/mol. The Labute approximate surface area is 148 Å². The lowest BCUT2D eigenvalue weighted by atomic mass is 9.92. The van der Waals surface area contributed by atoms with Crippen LogP contribution in [0.3, 0.4) is 0 Å². The highest BCUT2D eigenvalue weighted by Gasteiger charge is 2.92. The van der Waals surface area contributed by atoms with Gasteiger partial charge in [0, 0.05) is 12.5 Å². The van der Waals surface area contributed by atoms with Crippen LogP contribution in [0.2, 0.25) is 0 Å². The van der Waals surface area contributed by atoms with E-state index < -0.39 is 60.2 Å². The molecule has 1 fully saturated rings. The fraction of sp³-hybridized carbons (Fsp3) is 0.923. The molecule has 0 radical (unpaired) electrons. The number of carbonyl (C=O) groups excluding carboxylic acids is 1. The van der Waals surface area contributed by atoms with Gasteiger partial charge in [0.05, 0.1) is 0 Å². The molecule has 1 aliphatic rings. The first kappa shape index (κ1) is 24.6. The van der Waals surface area contributed by atoms with Gasteiger partial charge in [0.1, 0.15) is 6.04 Å². The molecular formula is C13H12F13NO. The van der Waals surface area contributed by atoms with Gasteiger partial charge >= 0.3 is 35.8 Å². The molecule has 0 aromatic carbocycles. The predicted molar refractivity (Wildman–Crippen MR) is 65.7 cm³/mol. The summed E-state index contributed by atoms with van der Waals surface area (Å²) in [5.41, 5.74) is 0. The molecule has 1 aliphatic heterocycles. The van der Waals surface area contributed by atoms with Crippen LogP contribution in [0.5, 0.6) is 0 Å². The van der Waals surface area contributed by atoms with Crippen molar-refractivity contribution in [3.8, 4) is 0 Å². The SMILES string of the molecule is CCC(C)C(=O)N1CC1C(F)(F)C(F)(F)C(F)(F)C(F)(F)C(F)(F)C(F)(F)F. The van der Waals surface area contributed by atoms with Crippen LogP contribution < -0.4 is 0 Å². The summed E-state index contributed by atoms with van der Waals surface area (Å²) >= 11 is 0. The van der Waals surface area contributed by atoms with Crippen LogP contribution in [-0.2, 0) is 4.79 Å². The van der Waals surface area contributed by atoms with E-state index in [4.69, 9.17) is 0 Å². The number of amides is 1. The molecule has 1 heterocycles. The highest BCUT2D eigenvalue weighted by atomic mass is 19.4. The second-order valence-electron chi connectivity index (χ2n) is 6.23. The van der Waals surface area contributed by atoms with Gasteiger partial charge in [-0.05, 0) is 6.42 Å². The molecule has 15 heteroatoms. The fourth-order valence-electron chi connectivity index (χ4n) is 2.14. The van der Waals surface area contributed by atoms with E-state index in [0.717, 1.165) is 6.92 Å². The Morgan fingerprint density at radius 1 is 0.821 bits per heavy atom. The van der Waals surface area contributed by atoms with Gasteiger partial charge in [-0.25, -0.2) is 0 Å². The van der Waals surface area contributed by atoms with Crippen LogP contribution in [0, 0.1) is 5.92 Å². The summed E-state index contributed by atoms with van der Waals surface area (Å²) in [4.78, 5) is 11.5. The first-order valence-electron chi connectivity index (χ1n) is 7.39. The van der Waals surface area contributed by atoms with Gasteiger partial charge in [0.25, 0.3) is 0 Å². The van der Waals surface area contributed by atoms with Crippen molar-refractivity contribution in [3.63, 3.8) is 0 Å². The molecule has 166 valence electrons. The summed E-state index contributed by atoms with van der Waals surface area (Å²) < 4.78 is 169. The van der Waals surface area contributed by atoms with Crippen LogP contribution in [0.4, 0.5) is 57.1 Å². The van der Waals surface area contributed by atoms with Gasteiger partial charge < -0.3 is 4.90 Å². The van der Waals surface area contributed by atoms with E-state index in [2.05, 4.69) is 0 Å². The van der Waals surface area contributed by atoms with E-state index in [0.29, 0.717) is 0 Å². The molecule has 0 saturated carbocycles. The van der Waals surface area contributed by atoms with Gasteiger partial charge in [-0.15, -0.1) is 0 Å². The maximum atomic E-state index is 13.8. The Morgan fingerprint density at radius 2 is 1.21 bits per heavy atom. The summed E-state index contributed by atoms with van der Waals surface area (Å²) in [5.74, 6) is -39.4. The Kier molecular flexibility index (Phi) is 5.74.